The number of carbonyl (C=O) groups is 2. The third-order valence-corrected chi connectivity index (χ3v) is 2.16. The van der Waals surface area contributed by atoms with Crippen molar-refractivity contribution < 1.29 is 14.7 Å². The summed E-state index contributed by atoms with van der Waals surface area (Å²) in [6, 6.07) is 0. The summed E-state index contributed by atoms with van der Waals surface area (Å²) in [5.74, 6) is -0.896. The minimum Gasteiger partial charge on any atom is -0.481 e. The topological polar surface area (TPSA) is 54.4 Å². The zero-order valence-corrected chi connectivity index (χ0v) is 7.22. The van der Waals surface area contributed by atoms with Crippen molar-refractivity contribution in [3.63, 3.8) is 0 Å². The van der Waals surface area contributed by atoms with Crippen LogP contribution in [0.1, 0.15) is 19.8 Å². The van der Waals surface area contributed by atoms with Gasteiger partial charge in [0.2, 0.25) is 0 Å². The number of hydrogen-bond acceptors (Lipinski definition) is 2. The van der Waals surface area contributed by atoms with E-state index in [0.717, 1.165) is 0 Å². The lowest BCUT2D eigenvalue weighted by Crippen LogP contribution is -2.11. The van der Waals surface area contributed by atoms with Gasteiger partial charge in [-0.3, -0.25) is 9.59 Å². The second-order valence-electron chi connectivity index (χ2n) is 2.01. The molecule has 10 heavy (non-hydrogen) atoms. The summed E-state index contributed by atoms with van der Waals surface area (Å²) >= 11 is 3.06. The summed E-state index contributed by atoms with van der Waals surface area (Å²) in [7, 11) is 0. The van der Waals surface area contributed by atoms with Crippen LogP contribution in [0.3, 0.4) is 0 Å². The molecule has 0 aromatic rings. The van der Waals surface area contributed by atoms with Gasteiger partial charge < -0.3 is 5.11 Å². The molecule has 0 aliphatic rings. The van der Waals surface area contributed by atoms with E-state index in [9.17, 15) is 9.59 Å². The van der Waals surface area contributed by atoms with Gasteiger partial charge in [0, 0.05) is 6.42 Å². The summed E-state index contributed by atoms with van der Waals surface area (Å²) in [6.45, 7) is 1.43. The van der Waals surface area contributed by atoms with Crippen LogP contribution < -0.4 is 0 Å². The molecule has 0 bridgehead atoms. The smallest absolute Gasteiger partial charge is 0.303 e. The average molecular weight is 209 g/mol. The highest BCUT2D eigenvalue weighted by molar-refractivity contribution is 9.10. The molecule has 0 aliphatic heterocycles. The fourth-order valence-corrected chi connectivity index (χ4v) is 0.682. The van der Waals surface area contributed by atoms with Gasteiger partial charge in [0.25, 0.3) is 0 Å². The lowest BCUT2D eigenvalue weighted by molar-refractivity contribution is -0.137. The fourth-order valence-electron chi connectivity index (χ4n) is 0.453. The molecule has 58 valence electrons. The number of ketones is 1. The Morgan fingerprint density at radius 3 is 2.40 bits per heavy atom. The molecule has 0 aromatic carbocycles. The van der Waals surface area contributed by atoms with Crippen molar-refractivity contribution in [3.8, 4) is 0 Å². The summed E-state index contributed by atoms with van der Waals surface area (Å²) in [5, 5.41) is 8.21. The fraction of sp³-hybridized carbons (Fsp3) is 0.667. The van der Waals surface area contributed by atoms with E-state index in [0.29, 0.717) is 6.42 Å². The first kappa shape index (κ1) is 9.62. The van der Waals surface area contributed by atoms with Crippen LogP contribution >= 0.6 is 15.9 Å². The monoisotopic (exact) mass is 208 g/mol. The van der Waals surface area contributed by atoms with E-state index in [1.54, 1.807) is 0 Å². The first-order valence-corrected chi connectivity index (χ1v) is 3.82. The first-order valence-electron chi connectivity index (χ1n) is 2.90. The normalized spacial score (nSPS) is 12.6. The Morgan fingerprint density at radius 1 is 1.60 bits per heavy atom. The molecule has 0 aromatic heterocycles. The Kier molecular flexibility index (Phi) is 4.27. The number of hydrogen-bond donors (Lipinski definition) is 1. The first-order chi connectivity index (χ1) is 4.54. The lowest BCUT2D eigenvalue weighted by Gasteiger charge is -2.00. The van der Waals surface area contributed by atoms with E-state index in [1.807, 2.05) is 0 Å². The molecule has 1 N–H and O–H groups in total. The third kappa shape index (κ3) is 4.49. The van der Waals surface area contributed by atoms with Crippen LogP contribution in [0.4, 0.5) is 0 Å². The van der Waals surface area contributed by atoms with Gasteiger partial charge in [0.1, 0.15) is 5.78 Å². The second-order valence-corrected chi connectivity index (χ2v) is 3.12. The highest BCUT2D eigenvalue weighted by atomic mass is 79.9. The minimum absolute atomic E-state index is 0.0266. The zero-order valence-electron chi connectivity index (χ0n) is 5.63. The number of carboxylic acid groups (broad SMARTS) is 1. The van der Waals surface area contributed by atoms with Crippen LogP contribution in [-0.4, -0.2) is 21.7 Å². The Balaban J connectivity index is 3.49. The molecule has 0 rings (SSSR count). The molecular weight excluding hydrogens is 200 g/mol. The Bertz CT molecular complexity index is 144. The highest BCUT2D eigenvalue weighted by Gasteiger charge is 2.10. The van der Waals surface area contributed by atoms with Gasteiger partial charge in [-0.1, -0.05) is 15.9 Å². The molecule has 1 atom stereocenters. The van der Waals surface area contributed by atoms with Gasteiger partial charge in [0.05, 0.1) is 4.83 Å². The number of carbonyl (C=O) groups excluding carboxylic acids is 1. The van der Waals surface area contributed by atoms with E-state index in [-0.39, 0.29) is 17.0 Å². The second kappa shape index (κ2) is 4.44. The van der Waals surface area contributed by atoms with Crippen molar-refractivity contribution in [2.24, 2.45) is 0 Å². The quantitative estimate of drug-likeness (QED) is 0.707. The van der Waals surface area contributed by atoms with Gasteiger partial charge in [0.15, 0.2) is 0 Å². The third-order valence-electron chi connectivity index (χ3n) is 1.05. The molecule has 0 amide bonds. The summed E-state index contributed by atoms with van der Waals surface area (Å²) in [5.41, 5.74) is 0. The maximum atomic E-state index is 10.5. The summed E-state index contributed by atoms with van der Waals surface area (Å²) in [6.07, 6.45) is 0.403. The van der Waals surface area contributed by atoms with Crippen molar-refractivity contribution in [1.82, 2.24) is 0 Å². The maximum absolute atomic E-state index is 10.5. The summed E-state index contributed by atoms with van der Waals surface area (Å²) < 4.78 is 0. The zero-order chi connectivity index (χ0) is 8.15. The van der Waals surface area contributed by atoms with Gasteiger partial charge >= 0.3 is 5.97 Å². The van der Waals surface area contributed by atoms with Crippen molar-refractivity contribution >= 4 is 27.7 Å². The standard InChI is InChI=1S/C6H9BrO3/c1-4(8)5(7)2-3-6(9)10/h5H,2-3H2,1H3,(H,9,10). The van der Waals surface area contributed by atoms with Crippen LogP contribution in [0.5, 0.6) is 0 Å². The molecule has 3 nitrogen and oxygen atoms in total. The Hall–Kier alpha value is -0.380. The van der Waals surface area contributed by atoms with Crippen LogP contribution in [0.2, 0.25) is 0 Å². The number of carboxylic acids is 1. The molecule has 4 heteroatoms. The predicted molar refractivity (Wildman–Crippen MR) is 40.3 cm³/mol. The molecule has 0 saturated heterocycles. The molecule has 0 heterocycles. The minimum atomic E-state index is -0.870. The van der Waals surface area contributed by atoms with Crippen molar-refractivity contribution in [2.75, 3.05) is 0 Å². The molecule has 0 aliphatic carbocycles. The Morgan fingerprint density at radius 2 is 2.10 bits per heavy atom. The Labute approximate surface area is 67.5 Å². The van der Waals surface area contributed by atoms with Gasteiger partial charge in [-0.05, 0) is 13.3 Å². The summed E-state index contributed by atoms with van der Waals surface area (Å²) in [4.78, 5) is 20.2. The van der Waals surface area contributed by atoms with Crippen molar-refractivity contribution in [3.05, 3.63) is 0 Å². The molecule has 0 saturated carbocycles. The van der Waals surface area contributed by atoms with Crippen molar-refractivity contribution in [2.45, 2.75) is 24.6 Å². The molecular formula is C6H9BrO3. The number of Topliss-reactive ketones (excluding diaryl/α,β-unsaturated/α-hetero) is 1. The lowest BCUT2D eigenvalue weighted by atomic mass is 10.2. The average Bonchev–Trinajstić information content (AvgIpc) is 1.82. The maximum Gasteiger partial charge on any atom is 0.303 e. The highest BCUT2D eigenvalue weighted by Crippen LogP contribution is 2.08. The van der Waals surface area contributed by atoms with E-state index < -0.39 is 5.97 Å². The van der Waals surface area contributed by atoms with Crippen molar-refractivity contribution in [1.29, 1.82) is 0 Å². The van der Waals surface area contributed by atoms with Crippen LogP contribution in [0.15, 0.2) is 0 Å². The number of aliphatic carboxylic acids is 1. The SMILES string of the molecule is CC(=O)C(Br)CCC(=O)O. The van der Waals surface area contributed by atoms with E-state index in [1.165, 1.54) is 6.92 Å². The molecule has 0 radical (unpaired) electrons. The molecule has 0 fully saturated rings. The predicted octanol–water partition coefficient (Wildman–Crippen LogP) is 1.20. The van der Waals surface area contributed by atoms with Crippen LogP contribution in [0.25, 0.3) is 0 Å². The van der Waals surface area contributed by atoms with E-state index >= 15 is 0 Å². The number of halogens is 1. The van der Waals surface area contributed by atoms with Gasteiger partial charge in [-0.15, -0.1) is 0 Å². The van der Waals surface area contributed by atoms with Gasteiger partial charge in [-0.2, -0.15) is 0 Å². The molecule has 0 spiro atoms. The van der Waals surface area contributed by atoms with E-state index in [4.69, 9.17) is 5.11 Å². The number of rotatable bonds is 4. The van der Waals surface area contributed by atoms with Crippen LogP contribution in [0, 0.1) is 0 Å². The van der Waals surface area contributed by atoms with Gasteiger partial charge in [-0.25, -0.2) is 0 Å². The number of alkyl halides is 1. The van der Waals surface area contributed by atoms with Crippen LogP contribution in [-0.2, 0) is 9.59 Å². The largest absolute Gasteiger partial charge is 0.481 e. The van der Waals surface area contributed by atoms with E-state index in [2.05, 4.69) is 15.9 Å². The molecule has 1 unspecified atom stereocenters.